The van der Waals surface area contributed by atoms with Crippen molar-refractivity contribution in [2.24, 2.45) is 0 Å². The van der Waals surface area contributed by atoms with Crippen LogP contribution in [-0.4, -0.2) is 85.3 Å². The summed E-state index contributed by atoms with van der Waals surface area (Å²) in [5.74, 6) is -0.585. The lowest BCUT2D eigenvalue weighted by Gasteiger charge is -2.43. The average Bonchev–Trinajstić information content (AvgIpc) is 3.88. The van der Waals surface area contributed by atoms with Crippen LogP contribution >= 0.6 is 0 Å². The normalized spacial score (nSPS) is 17.8. The van der Waals surface area contributed by atoms with Gasteiger partial charge in [0.1, 0.15) is 34.3 Å². The third kappa shape index (κ3) is 10.9. The summed E-state index contributed by atoms with van der Waals surface area (Å²) < 4.78 is 54.0. The van der Waals surface area contributed by atoms with Crippen molar-refractivity contribution in [3.8, 4) is 0 Å². The number of para-hydroxylation sites is 2. The lowest BCUT2D eigenvalue weighted by atomic mass is 9.85. The number of nitrogens with one attached hydrogen (secondary N) is 2. The molecule has 364 valence electrons. The largest absolute Gasteiger partial charge is 0.339 e. The third-order valence-corrected chi connectivity index (χ3v) is 15.2. The molecule has 0 bridgehead atoms. The number of anilines is 2. The van der Waals surface area contributed by atoms with E-state index in [1.54, 1.807) is 0 Å². The molecule has 0 aromatic heterocycles. The number of likely N-dealkylation sites (tertiary alicyclic amines) is 2. The number of carbonyl (C=O) groups excluding carboxylic acids is 2. The molecule has 6 aromatic carbocycles. The Balaban J connectivity index is 0.000000174. The second-order valence-electron chi connectivity index (χ2n) is 19.2. The molecule has 4 saturated heterocycles. The predicted octanol–water partition coefficient (Wildman–Crippen LogP) is 10.6. The Morgan fingerprint density at radius 1 is 0.414 bits per heavy atom. The van der Waals surface area contributed by atoms with Crippen LogP contribution in [-0.2, 0) is 9.59 Å². The maximum Gasteiger partial charge on any atom is 0.247 e. The maximum absolute atomic E-state index is 13.5. The Hall–Kier alpha value is -6.50. The SMILES string of the molecule is O=C1NCN(c2ccccc2)C12CCN(CCCC(c1ccc(F)cc1)c1ccc(F)cc1)CC2.O=C1NCN(c2ccccc2)C12CCN(CCCC(c1ccc(F)cc1)c1ccc(F)cc1)CC2. The van der Waals surface area contributed by atoms with E-state index in [2.05, 4.69) is 54.5 Å². The van der Waals surface area contributed by atoms with Crippen LogP contribution in [0.25, 0.3) is 0 Å². The highest BCUT2D eigenvalue weighted by Gasteiger charge is 2.51. The number of carbonyl (C=O) groups is 2. The van der Waals surface area contributed by atoms with E-state index >= 15 is 0 Å². The number of rotatable bonds is 14. The molecule has 0 aliphatic carbocycles. The summed E-state index contributed by atoms with van der Waals surface area (Å²) in [6, 6.07) is 46.8. The van der Waals surface area contributed by atoms with Crippen LogP contribution in [0.1, 0.15) is 85.5 Å². The van der Waals surface area contributed by atoms with Crippen LogP contribution in [0, 0.1) is 23.3 Å². The molecule has 0 atom stereocenters. The van der Waals surface area contributed by atoms with Gasteiger partial charge in [-0.1, -0.05) is 84.9 Å². The Kier molecular flexibility index (Phi) is 15.3. The van der Waals surface area contributed by atoms with Crippen molar-refractivity contribution in [2.75, 3.05) is 62.4 Å². The van der Waals surface area contributed by atoms with Gasteiger partial charge in [-0.2, -0.15) is 0 Å². The predicted molar refractivity (Wildman–Crippen MR) is 268 cm³/mol. The number of hydrogen-bond acceptors (Lipinski definition) is 6. The monoisotopic (exact) mass is 950 g/mol. The minimum atomic E-state index is -0.470. The summed E-state index contributed by atoms with van der Waals surface area (Å²) in [4.78, 5) is 35.1. The van der Waals surface area contributed by atoms with E-state index in [0.29, 0.717) is 13.3 Å². The van der Waals surface area contributed by atoms with E-state index in [0.717, 1.165) is 124 Å². The molecule has 0 radical (unpaired) electrons. The lowest BCUT2D eigenvalue weighted by molar-refractivity contribution is -0.125. The molecule has 8 nitrogen and oxygen atoms in total. The van der Waals surface area contributed by atoms with Crippen LogP contribution in [0.4, 0.5) is 28.9 Å². The van der Waals surface area contributed by atoms with Gasteiger partial charge in [0, 0.05) is 49.4 Å². The summed E-state index contributed by atoms with van der Waals surface area (Å²) in [6.45, 7) is 6.45. The Morgan fingerprint density at radius 2 is 0.700 bits per heavy atom. The number of nitrogens with zero attached hydrogens (tertiary/aromatic N) is 4. The fourth-order valence-corrected chi connectivity index (χ4v) is 11.2. The molecule has 70 heavy (non-hydrogen) atoms. The second-order valence-corrected chi connectivity index (χ2v) is 19.2. The van der Waals surface area contributed by atoms with Crippen molar-refractivity contribution in [3.63, 3.8) is 0 Å². The summed E-state index contributed by atoms with van der Waals surface area (Å²) in [6.07, 6.45) is 6.88. The number of amides is 2. The van der Waals surface area contributed by atoms with Gasteiger partial charge in [0.25, 0.3) is 0 Å². The molecule has 12 heteroatoms. The molecule has 4 aliphatic rings. The molecule has 4 aliphatic heterocycles. The molecule has 2 amide bonds. The van der Waals surface area contributed by atoms with Crippen molar-refractivity contribution >= 4 is 23.2 Å². The molecule has 2 N–H and O–H groups in total. The molecule has 10 rings (SSSR count). The van der Waals surface area contributed by atoms with Gasteiger partial charge in [-0.15, -0.1) is 0 Å². The van der Waals surface area contributed by atoms with Gasteiger partial charge >= 0.3 is 0 Å². The number of piperidine rings is 2. The first-order chi connectivity index (χ1) is 34.1. The minimum absolute atomic E-state index is 0.0847. The van der Waals surface area contributed by atoms with E-state index < -0.39 is 11.1 Å². The molecule has 0 saturated carbocycles. The number of halogens is 4. The highest BCUT2D eigenvalue weighted by molar-refractivity contribution is 5.94. The van der Waals surface area contributed by atoms with Crippen LogP contribution in [0.3, 0.4) is 0 Å². The van der Waals surface area contributed by atoms with E-state index in [9.17, 15) is 27.2 Å². The number of benzene rings is 6. The first-order valence-electron chi connectivity index (χ1n) is 24.8. The highest BCUT2D eigenvalue weighted by Crippen LogP contribution is 2.39. The zero-order chi connectivity index (χ0) is 48.5. The van der Waals surface area contributed by atoms with Crippen LogP contribution in [0.5, 0.6) is 0 Å². The third-order valence-electron chi connectivity index (χ3n) is 15.2. The smallest absolute Gasteiger partial charge is 0.247 e. The van der Waals surface area contributed by atoms with Crippen molar-refractivity contribution in [2.45, 2.75) is 74.3 Å². The quantitative estimate of drug-likeness (QED) is 0.106. The van der Waals surface area contributed by atoms with Crippen molar-refractivity contribution < 1.29 is 27.2 Å². The molecule has 4 heterocycles. The zero-order valence-corrected chi connectivity index (χ0v) is 39.6. The number of hydrogen-bond donors (Lipinski definition) is 2. The van der Waals surface area contributed by atoms with Gasteiger partial charge in [0.05, 0.1) is 13.3 Å². The topological polar surface area (TPSA) is 71.2 Å². The highest BCUT2D eigenvalue weighted by atomic mass is 19.1. The average molecular weight is 951 g/mol. The molecule has 4 fully saturated rings. The van der Waals surface area contributed by atoms with E-state index in [1.165, 1.54) is 48.5 Å². The van der Waals surface area contributed by atoms with Crippen LogP contribution in [0.2, 0.25) is 0 Å². The summed E-state index contributed by atoms with van der Waals surface area (Å²) in [5, 5.41) is 6.12. The second kappa shape index (κ2) is 22.1. The van der Waals surface area contributed by atoms with Gasteiger partial charge in [0.15, 0.2) is 0 Å². The molecule has 0 unspecified atom stereocenters. The van der Waals surface area contributed by atoms with E-state index in [-0.39, 0.29) is 46.9 Å². The van der Waals surface area contributed by atoms with E-state index in [4.69, 9.17) is 0 Å². The van der Waals surface area contributed by atoms with E-state index in [1.807, 2.05) is 84.9 Å². The molecule has 6 aromatic rings. The summed E-state index contributed by atoms with van der Waals surface area (Å²) >= 11 is 0. The molecular formula is C58H62F4N6O2. The van der Waals surface area contributed by atoms with Crippen molar-refractivity contribution in [1.29, 1.82) is 0 Å². The fourth-order valence-electron chi connectivity index (χ4n) is 11.2. The Bertz CT molecular complexity index is 2350. The lowest BCUT2D eigenvalue weighted by Crippen LogP contribution is -2.56. The molecule has 2 spiro atoms. The summed E-state index contributed by atoms with van der Waals surface area (Å²) in [5.41, 5.74) is 5.38. The fraction of sp³-hybridized carbons (Fsp3) is 0.345. The van der Waals surface area contributed by atoms with Crippen LogP contribution < -0.4 is 20.4 Å². The van der Waals surface area contributed by atoms with Gasteiger partial charge in [0.2, 0.25) is 11.8 Å². The van der Waals surface area contributed by atoms with Crippen molar-refractivity contribution in [1.82, 2.24) is 20.4 Å². The minimum Gasteiger partial charge on any atom is -0.339 e. The molecular weight excluding hydrogens is 889 g/mol. The summed E-state index contributed by atoms with van der Waals surface area (Å²) in [7, 11) is 0. The van der Waals surface area contributed by atoms with Gasteiger partial charge in [-0.05, 0) is 160 Å². The maximum atomic E-state index is 13.5. The van der Waals surface area contributed by atoms with Crippen molar-refractivity contribution in [3.05, 3.63) is 203 Å². The zero-order valence-electron chi connectivity index (χ0n) is 39.6. The van der Waals surface area contributed by atoms with Crippen LogP contribution in [0.15, 0.2) is 158 Å². The standard InChI is InChI=1S/2C29H31F2N3O/c2*30-24-12-8-22(9-13-24)27(23-10-14-25(31)15-11-23)7-4-18-33-19-16-29(17-20-33)28(35)32-21-34(29)26-5-2-1-3-6-26/h2*1-3,5-6,8-15,27H,4,7,16-21H2,(H,32,35). The van der Waals surface area contributed by atoms with Gasteiger partial charge < -0.3 is 30.2 Å². The first kappa shape index (κ1) is 48.5. The Morgan fingerprint density at radius 3 is 0.986 bits per heavy atom. The van der Waals surface area contributed by atoms with Gasteiger partial charge in [-0.25, -0.2) is 17.6 Å². The van der Waals surface area contributed by atoms with Gasteiger partial charge in [-0.3, -0.25) is 9.59 Å². The first-order valence-corrected chi connectivity index (χ1v) is 24.8. The Labute approximate surface area is 409 Å².